The van der Waals surface area contributed by atoms with E-state index in [-0.39, 0.29) is 11.3 Å². The maximum atomic E-state index is 12.8. The second-order valence-electron chi connectivity index (χ2n) is 8.36. The van der Waals surface area contributed by atoms with Gasteiger partial charge in [-0.2, -0.15) is 0 Å². The van der Waals surface area contributed by atoms with E-state index in [2.05, 4.69) is 48.2 Å². The van der Waals surface area contributed by atoms with Crippen molar-refractivity contribution in [2.45, 2.75) is 32.7 Å². The highest BCUT2D eigenvalue weighted by atomic mass is 32.1. The molecule has 0 radical (unpaired) electrons. The number of hydrogen-bond acceptors (Lipinski definition) is 6. The van der Waals surface area contributed by atoms with Crippen LogP contribution in [0.5, 0.6) is 0 Å². The van der Waals surface area contributed by atoms with Crippen molar-refractivity contribution in [2.75, 3.05) is 26.2 Å². The Labute approximate surface area is 180 Å². The van der Waals surface area contributed by atoms with Gasteiger partial charge in [-0.25, -0.2) is 9.97 Å². The van der Waals surface area contributed by atoms with Gasteiger partial charge < -0.3 is 4.90 Å². The lowest BCUT2D eigenvalue weighted by Crippen LogP contribution is -2.48. The normalized spacial score (nSPS) is 15.6. The zero-order valence-corrected chi connectivity index (χ0v) is 18.7. The van der Waals surface area contributed by atoms with E-state index in [1.54, 1.807) is 17.5 Å². The highest BCUT2D eigenvalue weighted by Gasteiger charge is 2.26. The third-order valence-electron chi connectivity index (χ3n) is 4.98. The van der Waals surface area contributed by atoms with Crippen molar-refractivity contribution in [2.24, 2.45) is 0 Å². The fraction of sp³-hybridized carbons (Fsp3) is 0.409. The summed E-state index contributed by atoms with van der Waals surface area (Å²) in [5.41, 5.74) is 2.25. The molecule has 1 aliphatic heterocycles. The summed E-state index contributed by atoms with van der Waals surface area (Å²) in [5, 5.41) is 4.22. The monoisotopic (exact) mass is 426 g/mol. The molecular formula is C22H26N4OS2. The molecule has 0 atom stereocenters. The number of carbonyl (C=O) groups is 1. The highest BCUT2D eigenvalue weighted by Crippen LogP contribution is 2.28. The summed E-state index contributed by atoms with van der Waals surface area (Å²) in [6, 6.07) is 10.3. The van der Waals surface area contributed by atoms with Crippen LogP contribution in [0.3, 0.4) is 0 Å². The maximum Gasteiger partial charge on any atom is 0.265 e. The summed E-state index contributed by atoms with van der Waals surface area (Å²) in [5.74, 6) is 0.109. The van der Waals surface area contributed by atoms with Crippen molar-refractivity contribution < 1.29 is 4.79 Å². The highest BCUT2D eigenvalue weighted by molar-refractivity contribution is 7.13. The molecule has 0 spiro atoms. The van der Waals surface area contributed by atoms with Crippen LogP contribution < -0.4 is 0 Å². The third kappa shape index (κ3) is 4.74. The number of nitrogens with zero attached hydrogens (tertiary/aromatic N) is 4. The molecule has 7 heteroatoms. The van der Waals surface area contributed by atoms with Crippen LogP contribution in [-0.2, 0) is 12.0 Å². The number of benzene rings is 1. The van der Waals surface area contributed by atoms with Crippen molar-refractivity contribution in [1.82, 2.24) is 19.8 Å². The Morgan fingerprint density at radius 1 is 1.10 bits per heavy atom. The minimum Gasteiger partial charge on any atom is -0.335 e. The van der Waals surface area contributed by atoms with Crippen LogP contribution in [0.15, 0.2) is 41.9 Å². The summed E-state index contributed by atoms with van der Waals surface area (Å²) >= 11 is 3.21. The van der Waals surface area contributed by atoms with Crippen LogP contribution in [0.4, 0.5) is 0 Å². The Hall–Kier alpha value is -2.09. The van der Waals surface area contributed by atoms with Gasteiger partial charge in [0, 0.05) is 49.1 Å². The van der Waals surface area contributed by atoms with Crippen LogP contribution >= 0.6 is 22.7 Å². The Kier molecular flexibility index (Phi) is 5.81. The van der Waals surface area contributed by atoms with E-state index in [1.165, 1.54) is 16.9 Å². The van der Waals surface area contributed by atoms with Gasteiger partial charge in [0.15, 0.2) is 0 Å². The largest absolute Gasteiger partial charge is 0.335 e. The first-order chi connectivity index (χ1) is 13.9. The van der Waals surface area contributed by atoms with E-state index in [4.69, 9.17) is 4.98 Å². The molecule has 1 aliphatic rings. The van der Waals surface area contributed by atoms with Gasteiger partial charge in [0.2, 0.25) is 0 Å². The molecule has 0 N–H and O–H groups in total. The third-order valence-corrected chi connectivity index (χ3v) is 7.33. The van der Waals surface area contributed by atoms with Gasteiger partial charge in [0.25, 0.3) is 5.91 Å². The van der Waals surface area contributed by atoms with Gasteiger partial charge in [-0.3, -0.25) is 9.69 Å². The van der Waals surface area contributed by atoms with Gasteiger partial charge in [-0.1, -0.05) is 51.1 Å². The fourth-order valence-electron chi connectivity index (χ4n) is 3.31. The molecule has 3 aromatic rings. The van der Waals surface area contributed by atoms with Crippen molar-refractivity contribution in [3.05, 3.63) is 57.5 Å². The van der Waals surface area contributed by atoms with Crippen LogP contribution in [0.2, 0.25) is 0 Å². The Morgan fingerprint density at radius 2 is 1.83 bits per heavy atom. The molecule has 152 valence electrons. The predicted octanol–water partition coefficient (Wildman–Crippen LogP) is 4.52. The van der Waals surface area contributed by atoms with Crippen LogP contribution in [0, 0.1) is 0 Å². The molecular weight excluding hydrogens is 400 g/mol. The first-order valence-corrected chi connectivity index (χ1v) is 11.6. The summed E-state index contributed by atoms with van der Waals surface area (Å²) in [4.78, 5) is 27.2. The van der Waals surface area contributed by atoms with E-state index in [1.807, 2.05) is 23.1 Å². The van der Waals surface area contributed by atoms with Gasteiger partial charge in [0.1, 0.15) is 9.88 Å². The fourth-order valence-corrected chi connectivity index (χ4v) is 5.07. The number of piperazine rings is 1. The lowest BCUT2D eigenvalue weighted by Gasteiger charge is -2.34. The summed E-state index contributed by atoms with van der Waals surface area (Å²) in [6.45, 7) is 10.4. The average Bonchev–Trinajstić information content (AvgIpc) is 3.38. The van der Waals surface area contributed by atoms with E-state index in [9.17, 15) is 4.79 Å². The standard InChI is InChI=1S/C22H26N4OS2/c1-22(2,3)21-23-13-18(29-21)20(27)26-11-9-25(10-12-26)14-17-15-28-19(24-17)16-7-5-4-6-8-16/h4-8,13,15H,9-12,14H2,1-3H3. The summed E-state index contributed by atoms with van der Waals surface area (Å²) < 4.78 is 0. The molecule has 0 bridgehead atoms. The average molecular weight is 427 g/mol. The van der Waals surface area contributed by atoms with Gasteiger partial charge in [-0.15, -0.1) is 22.7 Å². The second kappa shape index (κ2) is 8.34. The first-order valence-electron chi connectivity index (χ1n) is 9.88. The molecule has 1 amide bonds. The molecule has 1 fully saturated rings. The minimum atomic E-state index is -0.0198. The molecule has 2 aromatic heterocycles. The smallest absolute Gasteiger partial charge is 0.265 e. The number of thiazole rings is 2. The summed E-state index contributed by atoms with van der Waals surface area (Å²) in [6.07, 6.45) is 1.74. The molecule has 3 heterocycles. The van der Waals surface area contributed by atoms with Gasteiger partial charge in [-0.05, 0) is 0 Å². The number of carbonyl (C=O) groups excluding carboxylic acids is 1. The zero-order valence-electron chi connectivity index (χ0n) is 17.1. The summed E-state index contributed by atoms with van der Waals surface area (Å²) in [7, 11) is 0. The van der Waals surface area contributed by atoms with Gasteiger partial charge >= 0.3 is 0 Å². The SMILES string of the molecule is CC(C)(C)c1ncc(C(=O)N2CCN(Cc3csc(-c4ccccc4)n3)CC2)s1. The minimum absolute atomic E-state index is 0.0198. The molecule has 1 aromatic carbocycles. The Bertz CT molecular complexity index is 966. The van der Waals surface area contributed by atoms with Crippen LogP contribution in [-0.4, -0.2) is 51.9 Å². The van der Waals surface area contributed by atoms with E-state index >= 15 is 0 Å². The van der Waals surface area contributed by atoms with Crippen molar-refractivity contribution in [3.8, 4) is 10.6 Å². The Morgan fingerprint density at radius 3 is 2.48 bits per heavy atom. The topological polar surface area (TPSA) is 49.3 Å². The number of hydrogen-bond donors (Lipinski definition) is 0. The second-order valence-corrected chi connectivity index (χ2v) is 10.2. The van der Waals surface area contributed by atoms with E-state index in [0.29, 0.717) is 0 Å². The number of rotatable bonds is 4. The number of aromatic nitrogens is 2. The van der Waals surface area contributed by atoms with E-state index < -0.39 is 0 Å². The van der Waals surface area contributed by atoms with Gasteiger partial charge in [0.05, 0.1) is 16.9 Å². The molecule has 1 saturated heterocycles. The maximum absolute atomic E-state index is 12.8. The predicted molar refractivity (Wildman–Crippen MR) is 120 cm³/mol. The molecule has 0 unspecified atom stereocenters. The molecule has 0 saturated carbocycles. The zero-order chi connectivity index (χ0) is 20.4. The molecule has 5 nitrogen and oxygen atoms in total. The van der Waals surface area contributed by atoms with Crippen molar-refractivity contribution >= 4 is 28.6 Å². The van der Waals surface area contributed by atoms with Crippen molar-refractivity contribution in [3.63, 3.8) is 0 Å². The molecule has 0 aliphatic carbocycles. The van der Waals surface area contributed by atoms with Crippen LogP contribution in [0.1, 0.15) is 41.1 Å². The number of amides is 1. The lowest BCUT2D eigenvalue weighted by molar-refractivity contribution is 0.0632. The quantitative estimate of drug-likeness (QED) is 0.615. The molecule has 29 heavy (non-hydrogen) atoms. The van der Waals surface area contributed by atoms with E-state index in [0.717, 1.165) is 53.3 Å². The lowest BCUT2D eigenvalue weighted by atomic mass is 9.98. The van der Waals surface area contributed by atoms with Crippen molar-refractivity contribution in [1.29, 1.82) is 0 Å². The Balaban J connectivity index is 1.32. The first kappa shape index (κ1) is 20.2. The molecule has 4 rings (SSSR count). The van der Waals surface area contributed by atoms with Crippen LogP contribution in [0.25, 0.3) is 10.6 Å².